The number of carbonyl (C=O) groups is 4. The average Bonchev–Trinajstić information content (AvgIpc) is 4.06. The normalized spacial score (nSPS) is 47.0. The van der Waals surface area contributed by atoms with E-state index < -0.39 is 48.3 Å². The molecule has 0 spiro atoms. The molecular weight excluding hydrogens is 963 g/mol. The fourth-order valence-electron chi connectivity index (χ4n) is 20.0. The van der Waals surface area contributed by atoms with Crippen molar-refractivity contribution in [1.82, 2.24) is 4.98 Å². The number of aliphatic hydroxyl groups excluding tert-OH is 4. The number of carbonyl (C=O) groups excluding carboxylic acids is 4. The van der Waals surface area contributed by atoms with Crippen LogP contribution in [0.3, 0.4) is 0 Å². The second-order valence-electron chi connectivity index (χ2n) is 27.3. The molecule has 14 aliphatic rings. The van der Waals surface area contributed by atoms with Crippen molar-refractivity contribution in [3.05, 3.63) is 65.0 Å². The molecule has 4 N–H and O–H groups in total. The van der Waals surface area contributed by atoms with Gasteiger partial charge in [0.1, 0.15) is 23.6 Å². The van der Waals surface area contributed by atoms with Crippen LogP contribution in [-0.2, 0) is 18.9 Å². The number of aromatic nitrogens is 1. The number of aliphatic hydroxyl groups is 4. The van der Waals surface area contributed by atoms with Crippen molar-refractivity contribution in [2.24, 2.45) is 92.7 Å². The van der Waals surface area contributed by atoms with Gasteiger partial charge in [-0.15, -0.1) is 0 Å². The molecule has 2 aromatic rings. The Hall–Kier alpha value is -3.91. The van der Waals surface area contributed by atoms with Crippen LogP contribution in [0.15, 0.2) is 42.5 Å². The largest absolute Gasteiger partial charge is 0.461 e. The maximum absolute atomic E-state index is 13.9. The molecule has 0 saturated heterocycles. The van der Waals surface area contributed by atoms with E-state index in [2.05, 4.69) is 46.5 Å². The lowest BCUT2D eigenvalue weighted by Gasteiger charge is -2.63. The minimum Gasteiger partial charge on any atom is -0.461 e. The van der Waals surface area contributed by atoms with Crippen molar-refractivity contribution in [2.75, 3.05) is 13.2 Å². The third-order valence-corrected chi connectivity index (χ3v) is 24.1. The molecule has 7 heterocycles. The number of hydrogen-bond acceptors (Lipinski definition) is 13. The predicted octanol–water partition coefficient (Wildman–Crippen LogP) is 10.2. The number of ether oxygens (including phenoxy) is 4. The maximum atomic E-state index is 13.9. The smallest absolute Gasteiger partial charge is 0.356 e. The zero-order chi connectivity index (χ0) is 53.6. The highest BCUT2D eigenvalue weighted by molar-refractivity contribution is 5.95. The van der Waals surface area contributed by atoms with Gasteiger partial charge in [0.2, 0.25) is 0 Å². The summed E-state index contributed by atoms with van der Waals surface area (Å²) >= 11 is 0. The van der Waals surface area contributed by atoms with E-state index in [9.17, 15) is 39.6 Å². The Morgan fingerprint density at radius 1 is 0.487 bits per heavy atom. The van der Waals surface area contributed by atoms with Gasteiger partial charge in [-0.2, -0.15) is 0 Å². The third kappa shape index (κ3) is 9.07. The first-order valence-electron chi connectivity index (χ1n) is 29.8. The topological polar surface area (TPSA) is 199 Å². The lowest BCUT2D eigenvalue weighted by Crippen LogP contribution is -2.62. The summed E-state index contributed by atoms with van der Waals surface area (Å²) in [5.41, 5.74) is -0.264. The third-order valence-electron chi connectivity index (χ3n) is 24.1. The number of esters is 4. The SMILES string of the molecule is C[C@@H]1CCCOC(=O)c2cccc(n2)C(=O)OCCC[C@@H](C)[C@H]2CC[C@H]3[C@@H]4[C@H](O)C[C@H]5C[C@@H](CC[C@]5(C)[C@H]4C[C@H](O)[C@]23C)OC(=O)c2cccc(c2)C(=O)O[C@@H]2CC[C@@]3(C)[C@H](C2)C[C@@H](O)[C@@H]2[C@@H]3C[C@H](O)[C@]3(C)[C@@H]1CC[C@@H]23. The average molecular weight is 1050 g/mol. The van der Waals surface area contributed by atoms with Gasteiger partial charge in [-0.3, -0.25) is 0 Å². The van der Waals surface area contributed by atoms with Crippen LogP contribution in [-0.4, -0.2) is 99.1 Å². The van der Waals surface area contributed by atoms with Gasteiger partial charge in [-0.05, 0) is 239 Å². The summed E-state index contributed by atoms with van der Waals surface area (Å²) in [7, 11) is 0. The molecule has 8 saturated carbocycles. The van der Waals surface area contributed by atoms with Crippen LogP contribution in [0.1, 0.15) is 199 Å². The molecule has 0 amide bonds. The summed E-state index contributed by atoms with van der Waals surface area (Å²) < 4.78 is 23.9. The van der Waals surface area contributed by atoms with E-state index in [1.54, 1.807) is 42.5 Å². The molecule has 0 radical (unpaired) electrons. The monoisotopic (exact) mass is 1050 g/mol. The lowest BCUT2D eigenvalue weighted by molar-refractivity contribution is -0.207. The second-order valence-corrected chi connectivity index (χ2v) is 27.3. The fraction of sp³-hybridized carbons (Fsp3) is 0.762. The summed E-state index contributed by atoms with van der Waals surface area (Å²) in [6.07, 6.45) is 10.8. The molecule has 16 rings (SSSR count). The van der Waals surface area contributed by atoms with Crippen LogP contribution in [0.2, 0.25) is 0 Å². The van der Waals surface area contributed by atoms with E-state index in [4.69, 9.17) is 18.9 Å². The highest BCUT2D eigenvalue weighted by Crippen LogP contribution is 2.70. The number of nitrogens with zero attached hydrogens (tertiary/aromatic N) is 1. The van der Waals surface area contributed by atoms with Gasteiger partial charge in [-0.1, -0.05) is 53.7 Å². The van der Waals surface area contributed by atoms with Gasteiger partial charge in [0.05, 0.1) is 48.8 Å². The molecule has 6 aliphatic heterocycles. The van der Waals surface area contributed by atoms with E-state index in [1.807, 2.05) is 0 Å². The van der Waals surface area contributed by atoms with E-state index in [0.717, 1.165) is 51.4 Å². The molecule has 1 aromatic heterocycles. The van der Waals surface area contributed by atoms with E-state index in [1.165, 1.54) is 0 Å². The molecule has 13 heteroatoms. The van der Waals surface area contributed by atoms with Crippen molar-refractivity contribution in [3.8, 4) is 0 Å². The van der Waals surface area contributed by atoms with Crippen LogP contribution < -0.4 is 0 Å². The van der Waals surface area contributed by atoms with Crippen molar-refractivity contribution in [1.29, 1.82) is 0 Å². The minimum absolute atomic E-state index is 0.0528. The van der Waals surface area contributed by atoms with Crippen molar-refractivity contribution >= 4 is 23.9 Å². The Morgan fingerprint density at radius 2 is 0.895 bits per heavy atom. The Balaban J connectivity index is 0.808. The van der Waals surface area contributed by atoms with Gasteiger partial charge in [0.25, 0.3) is 0 Å². The summed E-state index contributed by atoms with van der Waals surface area (Å²) in [5, 5.41) is 48.9. The molecule has 13 nitrogen and oxygen atoms in total. The second kappa shape index (κ2) is 20.6. The number of pyridine rings is 1. The van der Waals surface area contributed by atoms with E-state index in [-0.39, 0.29) is 129 Å². The molecule has 1 aromatic carbocycles. The van der Waals surface area contributed by atoms with E-state index in [0.29, 0.717) is 75.3 Å². The highest BCUT2D eigenvalue weighted by Gasteiger charge is 2.68. The first kappa shape index (κ1) is 54.1. The Bertz CT molecular complexity index is 2360. The van der Waals surface area contributed by atoms with Gasteiger partial charge in [0, 0.05) is 0 Å². The Labute approximate surface area is 450 Å². The lowest BCUT2D eigenvalue weighted by atomic mass is 9.43. The van der Waals surface area contributed by atoms with Crippen molar-refractivity contribution < 1.29 is 58.6 Å². The first-order valence-corrected chi connectivity index (χ1v) is 29.8. The van der Waals surface area contributed by atoms with Crippen LogP contribution in [0.5, 0.6) is 0 Å². The summed E-state index contributed by atoms with van der Waals surface area (Å²) in [6.45, 7) is 14.1. The van der Waals surface area contributed by atoms with Crippen LogP contribution in [0.25, 0.3) is 0 Å². The number of benzene rings is 1. The quantitative estimate of drug-likeness (QED) is 0.144. The van der Waals surface area contributed by atoms with Crippen LogP contribution in [0.4, 0.5) is 0 Å². The Kier molecular flexibility index (Phi) is 14.7. The summed E-state index contributed by atoms with van der Waals surface area (Å²) in [4.78, 5) is 58.7. The van der Waals surface area contributed by atoms with Crippen molar-refractivity contribution in [2.45, 2.75) is 194 Å². The van der Waals surface area contributed by atoms with Gasteiger partial charge < -0.3 is 39.4 Å². The molecule has 20 bridgehead atoms. The van der Waals surface area contributed by atoms with Crippen molar-refractivity contribution in [3.63, 3.8) is 0 Å². The predicted molar refractivity (Wildman–Crippen MR) is 282 cm³/mol. The number of hydrogen-bond donors (Lipinski definition) is 4. The van der Waals surface area contributed by atoms with Crippen LogP contribution >= 0.6 is 0 Å². The van der Waals surface area contributed by atoms with Gasteiger partial charge in [-0.25, -0.2) is 24.2 Å². The molecule has 22 atom stereocenters. The van der Waals surface area contributed by atoms with Crippen LogP contribution in [0, 0.1) is 92.7 Å². The first-order chi connectivity index (χ1) is 36.2. The minimum atomic E-state index is -0.591. The zero-order valence-electron chi connectivity index (χ0n) is 46.1. The highest BCUT2D eigenvalue weighted by atomic mass is 16.6. The zero-order valence-corrected chi connectivity index (χ0v) is 46.1. The fourth-order valence-corrected chi connectivity index (χ4v) is 20.0. The molecule has 416 valence electrons. The molecule has 8 fully saturated rings. The summed E-state index contributed by atoms with van der Waals surface area (Å²) in [5.74, 6) is -0.132. The standard InChI is InChI=1S/C63H87NO12/c1-34-11-9-25-73-58(71)48-15-8-16-49(64-48)59(72)74-26-10-12-35(2)43-18-20-45-55-47(33-53(68)63(43,45)6)61(4)24-22-41(29-39(61)31-51(55)66)76-57(70)37-14-7-13-36(27-37)56(69)75-40-21-23-60(3)38(28-40)30-50(65)54-44-19-17-42(34)62(44,5)52(67)32-46(54)60/h7-8,13-16,27,34-35,38-47,50-55,65-68H,9-12,17-26,28-33H2,1-6H3/t34-,35-,38-,39-,40-,41-,42-,43-,44+,45+,46+,47+,50-,51-,52+,53+,54+,55+,60+,61+,62-,63-/m1/s1. The van der Waals surface area contributed by atoms with Gasteiger partial charge in [0.15, 0.2) is 0 Å². The molecule has 8 aliphatic carbocycles. The molecule has 0 unspecified atom stereocenters. The van der Waals surface area contributed by atoms with E-state index >= 15 is 0 Å². The Morgan fingerprint density at radius 3 is 1.33 bits per heavy atom. The summed E-state index contributed by atoms with van der Waals surface area (Å²) in [6, 6.07) is 11.4. The van der Waals surface area contributed by atoms with Gasteiger partial charge >= 0.3 is 23.9 Å². The molecule has 76 heavy (non-hydrogen) atoms. The maximum Gasteiger partial charge on any atom is 0.356 e. The molecular formula is C63H87NO12. The number of rotatable bonds is 0.